The van der Waals surface area contributed by atoms with Gasteiger partial charge in [0.2, 0.25) is 0 Å². The maximum Gasteiger partial charge on any atom is 0.364 e. The van der Waals surface area contributed by atoms with Crippen LogP contribution in [0.4, 0.5) is 0 Å². The molecule has 1 rings (SSSR count). The monoisotopic (exact) mass is 198 g/mol. The number of likely N-dealkylation sites (tertiary alicyclic amines) is 1. The lowest BCUT2D eigenvalue weighted by atomic mass is 10.1. The molecule has 1 fully saturated rings. The van der Waals surface area contributed by atoms with Gasteiger partial charge < -0.3 is 9.64 Å². The van der Waals surface area contributed by atoms with Crippen molar-refractivity contribution < 1.29 is 14.4 Å². The molecular weight excluding hydrogens is 178 g/mol. The van der Waals surface area contributed by atoms with Crippen LogP contribution in [0.15, 0.2) is 12.7 Å². The van der Waals surface area contributed by atoms with Gasteiger partial charge in [-0.2, -0.15) is 0 Å². The third-order valence-electron chi connectivity index (χ3n) is 2.88. The zero-order valence-corrected chi connectivity index (χ0v) is 8.92. The van der Waals surface area contributed by atoms with E-state index in [0.717, 1.165) is 19.5 Å². The summed E-state index contributed by atoms with van der Waals surface area (Å²) in [5, 5.41) is 0. The van der Waals surface area contributed by atoms with E-state index in [1.165, 1.54) is 31.3 Å². The van der Waals surface area contributed by atoms with E-state index in [1.54, 1.807) is 0 Å². The minimum atomic E-state index is -0.0956. The van der Waals surface area contributed by atoms with E-state index in [1.807, 2.05) is 6.08 Å². The summed E-state index contributed by atoms with van der Waals surface area (Å²) in [5.41, 5.74) is 0. The lowest BCUT2D eigenvalue weighted by molar-refractivity contribution is -0.921. The maximum absolute atomic E-state index is 11.5. The predicted octanol–water partition coefficient (Wildman–Crippen LogP) is 0.173. The number of quaternary nitrogens is 1. The first-order valence-electron chi connectivity index (χ1n) is 5.33. The number of hydrogen-bond donors (Lipinski definition) is 1. The smallest absolute Gasteiger partial charge is 0.364 e. The number of esters is 1. The van der Waals surface area contributed by atoms with E-state index in [0.29, 0.717) is 0 Å². The van der Waals surface area contributed by atoms with E-state index in [9.17, 15) is 4.79 Å². The molecule has 0 spiro atoms. The Kier molecular flexibility index (Phi) is 4.66. The van der Waals surface area contributed by atoms with Crippen molar-refractivity contribution in [3.8, 4) is 0 Å². The van der Waals surface area contributed by atoms with E-state index >= 15 is 0 Å². The molecule has 0 amide bonds. The molecule has 0 aromatic rings. The molecule has 80 valence electrons. The molecule has 14 heavy (non-hydrogen) atoms. The Balaban J connectivity index is 2.55. The van der Waals surface area contributed by atoms with Crippen LogP contribution < -0.4 is 4.90 Å². The Labute approximate surface area is 85.7 Å². The highest BCUT2D eigenvalue weighted by molar-refractivity contribution is 5.74. The quantitative estimate of drug-likeness (QED) is 0.516. The number of methoxy groups -OCH3 is 1. The minimum absolute atomic E-state index is 0.0298. The molecule has 1 atom stereocenters. The van der Waals surface area contributed by atoms with Gasteiger partial charge in [-0.3, -0.25) is 0 Å². The number of carbonyl (C=O) groups excluding carboxylic acids is 1. The standard InChI is InChI=1S/C11H19NO2/c1-3-7-10(11(13)14-2)12-8-5-4-6-9-12/h3,10H,1,4-9H2,2H3/p+1/t10-/m0/s1. The summed E-state index contributed by atoms with van der Waals surface area (Å²) in [5.74, 6) is -0.0956. The fourth-order valence-corrected chi connectivity index (χ4v) is 2.09. The Morgan fingerprint density at radius 1 is 1.50 bits per heavy atom. The van der Waals surface area contributed by atoms with Crippen LogP contribution in [0.2, 0.25) is 0 Å². The molecule has 3 heteroatoms. The second kappa shape index (κ2) is 5.81. The van der Waals surface area contributed by atoms with Crippen LogP contribution >= 0.6 is 0 Å². The summed E-state index contributed by atoms with van der Waals surface area (Å²) in [6.07, 6.45) is 6.27. The van der Waals surface area contributed by atoms with Gasteiger partial charge in [-0.25, -0.2) is 4.79 Å². The molecule has 1 heterocycles. The molecular formula is C11H20NO2+. The lowest BCUT2D eigenvalue weighted by Crippen LogP contribution is -3.17. The van der Waals surface area contributed by atoms with Crippen LogP contribution in [-0.2, 0) is 9.53 Å². The minimum Gasteiger partial charge on any atom is -0.465 e. The van der Waals surface area contributed by atoms with Crippen LogP contribution in [-0.4, -0.2) is 32.2 Å². The number of piperidine rings is 1. The van der Waals surface area contributed by atoms with Crippen LogP contribution in [0, 0.1) is 0 Å². The van der Waals surface area contributed by atoms with Crippen molar-refractivity contribution >= 4 is 5.97 Å². The Morgan fingerprint density at radius 2 is 2.14 bits per heavy atom. The van der Waals surface area contributed by atoms with Crippen LogP contribution in [0.1, 0.15) is 25.7 Å². The fraction of sp³-hybridized carbons (Fsp3) is 0.727. The van der Waals surface area contributed by atoms with Gasteiger partial charge in [-0.15, -0.1) is 6.58 Å². The number of nitrogens with one attached hydrogen (secondary N) is 1. The summed E-state index contributed by atoms with van der Waals surface area (Å²) in [6, 6.07) is -0.0298. The number of rotatable bonds is 4. The number of hydrogen-bond acceptors (Lipinski definition) is 2. The van der Waals surface area contributed by atoms with Gasteiger partial charge in [-0.1, -0.05) is 6.08 Å². The third kappa shape index (κ3) is 2.84. The van der Waals surface area contributed by atoms with Crippen molar-refractivity contribution in [2.45, 2.75) is 31.7 Å². The molecule has 0 saturated carbocycles. The summed E-state index contributed by atoms with van der Waals surface area (Å²) in [7, 11) is 1.46. The van der Waals surface area contributed by atoms with Crippen molar-refractivity contribution in [2.24, 2.45) is 0 Å². The Hall–Kier alpha value is -0.830. The fourth-order valence-electron chi connectivity index (χ4n) is 2.09. The molecule has 0 aromatic carbocycles. The Bertz CT molecular complexity index is 197. The predicted molar refractivity (Wildman–Crippen MR) is 55.2 cm³/mol. The normalized spacial score (nSPS) is 20.1. The van der Waals surface area contributed by atoms with Gasteiger partial charge in [-0.05, 0) is 19.3 Å². The average Bonchev–Trinajstić information content (AvgIpc) is 2.26. The largest absolute Gasteiger partial charge is 0.465 e. The number of carbonyl (C=O) groups is 1. The third-order valence-corrected chi connectivity index (χ3v) is 2.88. The zero-order valence-electron chi connectivity index (χ0n) is 8.92. The first-order chi connectivity index (χ1) is 6.79. The van der Waals surface area contributed by atoms with E-state index < -0.39 is 0 Å². The lowest BCUT2D eigenvalue weighted by Gasteiger charge is -2.29. The van der Waals surface area contributed by atoms with E-state index in [-0.39, 0.29) is 12.0 Å². The average molecular weight is 198 g/mol. The topological polar surface area (TPSA) is 30.7 Å². The molecule has 3 nitrogen and oxygen atoms in total. The molecule has 1 aliphatic heterocycles. The van der Waals surface area contributed by atoms with Gasteiger partial charge in [0.15, 0.2) is 6.04 Å². The first kappa shape index (κ1) is 11.2. The van der Waals surface area contributed by atoms with E-state index in [4.69, 9.17) is 4.74 Å². The van der Waals surface area contributed by atoms with Crippen molar-refractivity contribution in [2.75, 3.05) is 20.2 Å². The second-order valence-corrected chi connectivity index (χ2v) is 3.82. The zero-order chi connectivity index (χ0) is 10.4. The highest BCUT2D eigenvalue weighted by atomic mass is 16.5. The molecule has 0 unspecified atom stereocenters. The highest BCUT2D eigenvalue weighted by Crippen LogP contribution is 1.99. The summed E-state index contributed by atoms with van der Waals surface area (Å²) in [6.45, 7) is 5.87. The molecule has 0 aromatic heterocycles. The van der Waals surface area contributed by atoms with Gasteiger partial charge in [0.1, 0.15) is 0 Å². The van der Waals surface area contributed by atoms with Crippen molar-refractivity contribution in [3.05, 3.63) is 12.7 Å². The summed E-state index contributed by atoms with van der Waals surface area (Å²) < 4.78 is 4.81. The van der Waals surface area contributed by atoms with Crippen molar-refractivity contribution in [1.82, 2.24) is 0 Å². The van der Waals surface area contributed by atoms with Crippen molar-refractivity contribution in [1.29, 1.82) is 0 Å². The second-order valence-electron chi connectivity index (χ2n) is 3.82. The van der Waals surface area contributed by atoms with Gasteiger partial charge in [0, 0.05) is 6.42 Å². The molecule has 1 saturated heterocycles. The van der Waals surface area contributed by atoms with Crippen LogP contribution in [0.3, 0.4) is 0 Å². The van der Waals surface area contributed by atoms with Gasteiger partial charge in [0.25, 0.3) is 0 Å². The van der Waals surface area contributed by atoms with E-state index in [2.05, 4.69) is 6.58 Å². The van der Waals surface area contributed by atoms with Gasteiger partial charge in [0.05, 0.1) is 20.2 Å². The SMILES string of the molecule is C=CC[C@@H](C(=O)OC)[NH+]1CCCCC1. The molecule has 0 bridgehead atoms. The maximum atomic E-state index is 11.5. The molecule has 0 aliphatic carbocycles. The molecule has 1 aliphatic rings. The van der Waals surface area contributed by atoms with Gasteiger partial charge >= 0.3 is 5.97 Å². The molecule has 0 radical (unpaired) electrons. The van der Waals surface area contributed by atoms with Crippen molar-refractivity contribution in [3.63, 3.8) is 0 Å². The Morgan fingerprint density at radius 3 is 2.64 bits per heavy atom. The van der Waals surface area contributed by atoms with Crippen LogP contribution in [0.25, 0.3) is 0 Å². The first-order valence-corrected chi connectivity index (χ1v) is 5.33. The highest BCUT2D eigenvalue weighted by Gasteiger charge is 2.30. The summed E-state index contributed by atoms with van der Waals surface area (Å²) in [4.78, 5) is 12.9. The summed E-state index contributed by atoms with van der Waals surface area (Å²) >= 11 is 0. The van der Waals surface area contributed by atoms with Crippen LogP contribution in [0.5, 0.6) is 0 Å². The number of ether oxygens (including phenoxy) is 1. The molecule has 1 N–H and O–H groups in total.